The van der Waals surface area contributed by atoms with Crippen molar-refractivity contribution in [3.63, 3.8) is 0 Å². The van der Waals surface area contributed by atoms with Crippen LogP contribution in [-0.2, 0) is 9.59 Å². The first-order valence-electron chi connectivity index (χ1n) is 15.2. The number of hydrogen-bond donors (Lipinski definition) is 0. The maximum atomic E-state index is 13.7. The summed E-state index contributed by atoms with van der Waals surface area (Å²) in [4.78, 5) is 47.3. The Morgan fingerprint density at radius 3 is 2.23 bits per heavy atom. The summed E-state index contributed by atoms with van der Waals surface area (Å²) in [5.74, 6) is 0.709. The highest BCUT2D eigenvalue weighted by atomic mass is 19.3. The predicted octanol–water partition coefficient (Wildman–Crippen LogP) is 4.58. The van der Waals surface area contributed by atoms with Gasteiger partial charge in [-0.2, -0.15) is 0 Å². The van der Waals surface area contributed by atoms with Crippen LogP contribution in [0.4, 0.5) is 13.6 Å². The van der Waals surface area contributed by atoms with Gasteiger partial charge >= 0.3 is 6.03 Å². The van der Waals surface area contributed by atoms with Gasteiger partial charge < -0.3 is 9.80 Å². The smallest absolute Gasteiger partial charge is 0.327 e. The van der Waals surface area contributed by atoms with E-state index in [0.29, 0.717) is 25.3 Å². The molecule has 4 atom stereocenters. The van der Waals surface area contributed by atoms with Crippen LogP contribution in [0, 0.1) is 17.8 Å². The summed E-state index contributed by atoms with van der Waals surface area (Å²) < 4.78 is 26.7. The number of imide groups is 1. The van der Waals surface area contributed by atoms with E-state index < -0.39 is 30.4 Å². The van der Waals surface area contributed by atoms with Gasteiger partial charge in [0.05, 0.1) is 6.54 Å². The minimum atomic E-state index is -2.75. The Balaban J connectivity index is 1.23. The molecule has 1 aromatic carbocycles. The normalized spacial score (nSPS) is 32.8. The average Bonchev–Trinajstić information content (AvgIpc) is 3.46. The van der Waals surface area contributed by atoms with E-state index in [9.17, 15) is 23.2 Å². The molecule has 0 N–H and O–H groups in total. The molecule has 2 unspecified atom stereocenters. The van der Waals surface area contributed by atoms with E-state index in [4.69, 9.17) is 0 Å². The van der Waals surface area contributed by atoms with E-state index in [1.807, 2.05) is 19.9 Å². The van der Waals surface area contributed by atoms with E-state index in [-0.39, 0.29) is 35.8 Å². The summed E-state index contributed by atoms with van der Waals surface area (Å²) in [6.07, 6.45) is 3.24. The molecular weight excluding hydrogens is 514 g/mol. The summed E-state index contributed by atoms with van der Waals surface area (Å²) in [5.41, 5.74) is 0.235. The maximum Gasteiger partial charge on any atom is 0.327 e. The largest absolute Gasteiger partial charge is 0.341 e. The highest BCUT2D eigenvalue weighted by Crippen LogP contribution is 2.49. The van der Waals surface area contributed by atoms with Gasteiger partial charge in [0.2, 0.25) is 5.91 Å². The number of nitrogens with zero attached hydrogens (tertiary/aromatic N) is 4. The quantitative estimate of drug-likeness (QED) is 0.440. The lowest BCUT2D eigenvalue weighted by atomic mass is 9.79. The summed E-state index contributed by atoms with van der Waals surface area (Å²) in [5, 5.41) is 0. The summed E-state index contributed by atoms with van der Waals surface area (Å²) >= 11 is 0. The highest BCUT2D eigenvalue weighted by Gasteiger charge is 2.63. The van der Waals surface area contributed by atoms with Crippen molar-refractivity contribution in [2.75, 3.05) is 32.7 Å². The van der Waals surface area contributed by atoms with Crippen LogP contribution >= 0.6 is 0 Å². The molecule has 1 aromatic rings. The molecule has 6 rings (SSSR count). The molecule has 40 heavy (non-hydrogen) atoms. The number of urea groups is 1. The lowest BCUT2D eigenvalue weighted by Crippen LogP contribution is -2.61. The van der Waals surface area contributed by atoms with Crippen molar-refractivity contribution in [2.45, 2.75) is 88.8 Å². The molecular formula is C31H42F2N4O3. The molecule has 1 aliphatic carbocycles. The second-order valence-electron chi connectivity index (χ2n) is 13.3. The van der Waals surface area contributed by atoms with Crippen LogP contribution in [0.15, 0.2) is 30.3 Å². The second kappa shape index (κ2) is 10.7. The number of piperidine rings is 1. The van der Waals surface area contributed by atoms with Crippen molar-refractivity contribution >= 4 is 17.8 Å². The molecule has 9 heteroatoms. The van der Waals surface area contributed by atoms with Crippen LogP contribution in [0.3, 0.4) is 0 Å². The van der Waals surface area contributed by atoms with Gasteiger partial charge in [0, 0.05) is 50.1 Å². The molecule has 7 nitrogen and oxygen atoms in total. The summed E-state index contributed by atoms with van der Waals surface area (Å²) in [6.45, 7) is 5.87. The van der Waals surface area contributed by atoms with Gasteiger partial charge in [-0.25, -0.2) is 13.6 Å². The molecule has 0 radical (unpaired) electrons. The molecule has 5 fully saturated rings. The topological polar surface area (TPSA) is 64.2 Å². The molecule has 5 aliphatic rings. The Bertz CT molecular complexity index is 1110. The monoisotopic (exact) mass is 556 g/mol. The van der Waals surface area contributed by atoms with Gasteiger partial charge in [-0.15, -0.1) is 0 Å². The van der Waals surface area contributed by atoms with Gasteiger partial charge in [0.1, 0.15) is 5.54 Å². The van der Waals surface area contributed by atoms with Gasteiger partial charge in [0.15, 0.2) is 0 Å². The Kier molecular flexibility index (Phi) is 7.38. The molecule has 1 spiro atoms. The van der Waals surface area contributed by atoms with Gasteiger partial charge in [-0.1, -0.05) is 50.6 Å². The number of hydrogen-bond acceptors (Lipinski definition) is 4. The van der Waals surface area contributed by atoms with E-state index in [1.165, 1.54) is 5.56 Å². The number of likely N-dealkylation sites (tertiary alicyclic amines) is 1. The Hall–Kier alpha value is -2.55. The summed E-state index contributed by atoms with van der Waals surface area (Å²) in [6, 6.07) is 10.2. The molecule has 2 bridgehead atoms. The number of carbonyl (C=O) groups is 3. The molecule has 4 amide bonds. The third-order valence-electron chi connectivity index (χ3n) is 10.3. The van der Waals surface area contributed by atoms with Gasteiger partial charge in [-0.3, -0.25) is 19.4 Å². The molecule has 218 valence electrons. The van der Waals surface area contributed by atoms with Crippen molar-refractivity contribution in [2.24, 2.45) is 17.8 Å². The third kappa shape index (κ3) is 4.72. The molecule has 0 aromatic heterocycles. The Labute approximate surface area is 235 Å². The molecule has 4 saturated heterocycles. The number of carbonyl (C=O) groups excluding carboxylic acids is 3. The first-order valence-corrected chi connectivity index (χ1v) is 15.2. The lowest BCUT2D eigenvalue weighted by Gasteiger charge is -2.48. The number of rotatable bonds is 8. The third-order valence-corrected chi connectivity index (χ3v) is 10.3. The zero-order valence-electron chi connectivity index (χ0n) is 23.7. The van der Waals surface area contributed by atoms with Crippen LogP contribution in [0.5, 0.6) is 0 Å². The predicted molar refractivity (Wildman–Crippen MR) is 147 cm³/mol. The SMILES string of the molecule is CC(C)CN1C(=O)N(CC(F)F)C(=O)C12CC1CCC(C2)N1C[C@H]1CN(C(=O)C2CCC2)C[C@@H]1c1ccccc1. The highest BCUT2D eigenvalue weighted by molar-refractivity contribution is 6.07. The van der Waals surface area contributed by atoms with Crippen molar-refractivity contribution in [3.05, 3.63) is 35.9 Å². The van der Waals surface area contributed by atoms with Crippen LogP contribution in [0.1, 0.15) is 70.3 Å². The van der Waals surface area contributed by atoms with Gasteiger partial charge in [-0.05, 0) is 55.9 Å². The molecule has 1 saturated carbocycles. The number of alkyl halides is 2. The van der Waals surface area contributed by atoms with E-state index in [0.717, 1.165) is 56.6 Å². The van der Waals surface area contributed by atoms with Gasteiger partial charge in [0.25, 0.3) is 12.3 Å². The van der Waals surface area contributed by atoms with E-state index in [1.54, 1.807) is 4.90 Å². The number of amides is 4. The van der Waals surface area contributed by atoms with Crippen molar-refractivity contribution in [3.8, 4) is 0 Å². The number of halogens is 2. The van der Waals surface area contributed by atoms with Crippen molar-refractivity contribution < 1.29 is 23.2 Å². The minimum Gasteiger partial charge on any atom is -0.341 e. The zero-order chi connectivity index (χ0) is 28.2. The molecule has 4 aliphatic heterocycles. The van der Waals surface area contributed by atoms with Crippen LogP contribution < -0.4 is 0 Å². The van der Waals surface area contributed by atoms with Crippen molar-refractivity contribution in [1.82, 2.24) is 19.6 Å². The van der Waals surface area contributed by atoms with Crippen molar-refractivity contribution in [1.29, 1.82) is 0 Å². The Morgan fingerprint density at radius 1 is 0.975 bits per heavy atom. The van der Waals surface area contributed by atoms with E-state index in [2.05, 4.69) is 34.1 Å². The van der Waals surface area contributed by atoms with Crippen LogP contribution in [-0.4, -0.2) is 94.2 Å². The average molecular weight is 557 g/mol. The van der Waals surface area contributed by atoms with Crippen LogP contribution in [0.2, 0.25) is 0 Å². The fraction of sp³-hybridized carbons (Fsp3) is 0.710. The Morgan fingerprint density at radius 2 is 1.65 bits per heavy atom. The fourth-order valence-electron chi connectivity index (χ4n) is 8.21. The number of benzene rings is 1. The van der Waals surface area contributed by atoms with Crippen LogP contribution in [0.25, 0.3) is 0 Å². The first-order chi connectivity index (χ1) is 19.2. The summed E-state index contributed by atoms with van der Waals surface area (Å²) in [7, 11) is 0. The molecule has 4 heterocycles. The fourth-order valence-corrected chi connectivity index (χ4v) is 8.21. The number of fused-ring (bicyclic) bond motifs is 2. The minimum absolute atomic E-state index is 0.115. The lowest BCUT2D eigenvalue weighted by molar-refractivity contribution is -0.139. The zero-order valence-corrected chi connectivity index (χ0v) is 23.7. The standard InChI is InChI=1S/C31H42F2N4O3/c1-20(2)15-37-30(40)36(19-27(32)33)29(39)31(37)13-24-11-12-25(14-31)35(24)17-23-16-34(28(38)22-9-6-10-22)18-26(23)21-7-4-3-5-8-21/h3-5,7-8,20,22-27H,6,9-19H2,1-2H3/t23-,24?,25?,26-,31?/m1/s1. The van der Waals surface area contributed by atoms with E-state index >= 15 is 0 Å². The maximum absolute atomic E-state index is 13.7. The first kappa shape index (κ1) is 27.6. The second-order valence-corrected chi connectivity index (χ2v) is 13.3.